The number of benzene rings is 1. The quantitative estimate of drug-likeness (QED) is 0.746. The molecule has 0 bridgehead atoms. The number of nitrogens with zero attached hydrogens (tertiary/aromatic N) is 4. The predicted octanol–water partition coefficient (Wildman–Crippen LogP) is 2.69. The number of amides is 1. The van der Waals surface area contributed by atoms with Crippen molar-refractivity contribution in [2.75, 3.05) is 12.3 Å². The molecule has 2 aromatic heterocycles. The molecule has 27 heavy (non-hydrogen) atoms. The van der Waals surface area contributed by atoms with E-state index in [0.717, 1.165) is 22.6 Å². The highest BCUT2D eigenvalue weighted by Gasteiger charge is 2.32. The van der Waals surface area contributed by atoms with Crippen LogP contribution >= 0.6 is 0 Å². The number of carbonyl (C=O) groups is 1. The van der Waals surface area contributed by atoms with E-state index in [4.69, 9.17) is 5.73 Å². The number of aromatic amines is 1. The molecule has 7 heteroatoms. The third-order valence-corrected chi connectivity index (χ3v) is 4.90. The van der Waals surface area contributed by atoms with Gasteiger partial charge in [0.2, 0.25) is 5.95 Å². The maximum absolute atomic E-state index is 13.2. The lowest BCUT2D eigenvalue weighted by atomic mass is 9.91. The first-order valence-electron chi connectivity index (χ1n) is 9.03. The molecule has 3 aromatic rings. The van der Waals surface area contributed by atoms with Crippen LogP contribution in [0.1, 0.15) is 58.8 Å². The maximum atomic E-state index is 13.2. The van der Waals surface area contributed by atoms with Gasteiger partial charge in [0.1, 0.15) is 5.69 Å². The summed E-state index contributed by atoms with van der Waals surface area (Å²) in [5, 5.41) is 0. The summed E-state index contributed by atoms with van der Waals surface area (Å²) in [5.74, 6) is 0.170. The van der Waals surface area contributed by atoms with Crippen molar-refractivity contribution in [3.63, 3.8) is 0 Å². The molecule has 0 spiro atoms. The summed E-state index contributed by atoms with van der Waals surface area (Å²) in [6, 6.07) is 11.9. The standard InChI is InChI=1S/C20H22N6O/c1-12(2)15-8-16(25-20(21)24-15)19(27)26-9-14(13-6-4-3-5-7-13)18-17(10-26)22-11-23-18/h3-8,11-12,14H,9-10H2,1-2H3,(H,22,23)(H2,21,24,25). The Morgan fingerprint density at radius 1 is 1.26 bits per heavy atom. The van der Waals surface area contributed by atoms with Gasteiger partial charge in [-0.25, -0.2) is 15.0 Å². The topological polar surface area (TPSA) is 101 Å². The van der Waals surface area contributed by atoms with E-state index in [1.165, 1.54) is 0 Å². The molecule has 1 unspecified atom stereocenters. The largest absolute Gasteiger partial charge is 0.368 e. The van der Waals surface area contributed by atoms with Crippen LogP contribution < -0.4 is 5.73 Å². The van der Waals surface area contributed by atoms with E-state index in [1.807, 2.05) is 32.0 Å². The highest BCUT2D eigenvalue weighted by atomic mass is 16.2. The van der Waals surface area contributed by atoms with Crippen LogP contribution in [0.15, 0.2) is 42.7 Å². The Morgan fingerprint density at radius 3 is 2.78 bits per heavy atom. The van der Waals surface area contributed by atoms with Crippen molar-refractivity contribution in [3.05, 3.63) is 71.1 Å². The summed E-state index contributed by atoms with van der Waals surface area (Å²) in [6.45, 7) is 5.04. The van der Waals surface area contributed by atoms with Crippen molar-refractivity contribution >= 4 is 11.9 Å². The summed E-state index contributed by atoms with van der Waals surface area (Å²) in [7, 11) is 0. The zero-order valence-electron chi connectivity index (χ0n) is 15.4. The number of nitrogens with two attached hydrogens (primary N) is 1. The Bertz CT molecular complexity index is 966. The molecule has 3 heterocycles. The molecular weight excluding hydrogens is 340 g/mol. The third kappa shape index (κ3) is 3.28. The molecule has 3 N–H and O–H groups in total. The fourth-order valence-corrected chi connectivity index (χ4v) is 3.48. The predicted molar refractivity (Wildman–Crippen MR) is 102 cm³/mol. The second-order valence-electron chi connectivity index (χ2n) is 7.11. The smallest absolute Gasteiger partial charge is 0.273 e. The molecule has 0 saturated heterocycles. The summed E-state index contributed by atoms with van der Waals surface area (Å²) < 4.78 is 0. The minimum atomic E-state index is -0.146. The number of hydrogen-bond donors (Lipinski definition) is 2. The van der Waals surface area contributed by atoms with E-state index in [-0.39, 0.29) is 23.7 Å². The first-order valence-corrected chi connectivity index (χ1v) is 9.03. The van der Waals surface area contributed by atoms with Gasteiger partial charge in [-0.3, -0.25) is 4.79 Å². The number of fused-ring (bicyclic) bond motifs is 1. The van der Waals surface area contributed by atoms with E-state index in [9.17, 15) is 4.79 Å². The minimum Gasteiger partial charge on any atom is -0.368 e. The summed E-state index contributed by atoms with van der Waals surface area (Å²) in [6.07, 6.45) is 1.69. The second-order valence-corrected chi connectivity index (χ2v) is 7.11. The van der Waals surface area contributed by atoms with E-state index in [0.29, 0.717) is 18.8 Å². The van der Waals surface area contributed by atoms with Crippen LogP contribution in [0.5, 0.6) is 0 Å². The van der Waals surface area contributed by atoms with E-state index >= 15 is 0 Å². The molecule has 1 aliphatic rings. The van der Waals surface area contributed by atoms with Gasteiger partial charge < -0.3 is 15.6 Å². The van der Waals surface area contributed by atoms with Crippen molar-refractivity contribution < 1.29 is 4.79 Å². The molecule has 7 nitrogen and oxygen atoms in total. The number of H-pyrrole nitrogens is 1. The highest BCUT2D eigenvalue weighted by Crippen LogP contribution is 2.32. The third-order valence-electron chi connectivity index (χ3n) is 4.90. The van der Waals surface area contributed by atoms with Crippen molar-refractivity contribution in [2.24, 2.45) is 0 Å². The summed E-state index contributed by atoms with van der Waals surface area (Å²) >= 11 is 0. The fraction of sp³-hybridized carbons (Fsp3) is 0.300. The molecule has 0 radical (unpaired) electrons. The zero-order chi connectivity index (χ0) is 19.0. The van der Waals surface area contributed by atoms with E-state index in [1.54, 1.807) is 17.3 Å². The Kier molecular flexibility index (Phi) is 4.35. The Balaban J connectivity index is 1.68. The lowest BCUT2D eigenvalue weighted by Gasteiger charge is -2.32. The van der Waals surface area contributed by atoms with E-state index in [2.05, 4.69) is 32.1 Å². The van der Waals surface area contributed by atoms with Crippen LogP contribution in [0.2, 0.25) is 0 Å². The number of nitrogen functional groups attached to an aromatic ring is 1. The minimum absolute atomic E-state index is 0.0221. The SMILES string of the molecule is CC(C)c1cc(C(=O)N2Cc3[nH]cnc3C(c3ccccc3)C2)nc(N)n1. The molecule has 1 amide bonds. The van der Waals surface area contributed by atoms with Gasteiger partial charge in [-0.2, -0.15) is 0 Å². The maximum Gasteiger partial charge on any atom is 0.273 e. The number of hydrogen-bond acceptors (Lipinski definition) is 5. The van der Waals surface area contributed by atoms with Crippen molar-refractivity contribution in [1.82, 2.24) is 24.8 Å². The molecule has 1 aromatic carbocycles. The normalized spacial score (nSPS) is 16.4. The molecule has 0 aliphatic carbocycles. The van der Waals surface area contributed by atoms with Crippen LogP contribution in [0.25, 0.3) is 0 Å². The van der Waals surface area contributed by atoms with Gasteiger partial charge in [-0.1, -0.05) is 44.2 Å². The first-order chi connectivity index (χ1) is 13.0. The van der Waals surface area contributed by atoms with Gasteiger partial charge in [0, 0.05) is 18.2 Å². The molecule has 1 atom stereocenters. The number of nitrogens with one attached hydrogen (secondary N) is 1. The lowest BCUT2D eigenvalue weighted by Crippen LogP contribution is -2.39. The van der Waals surface area contributed by atoms with Crippen LogP contribution in [0.4, 0.5) is 5.95 Å². The number of anilines is 1. The molecule has 0 saturated carbocycles. The van der Waals surface area contributed by atoms with Crippen molar-refractivity contribution in [3.8, 4) is 0 Å². The van der Waals surface area contributed by atoms with Gasteiger partial charge >= 0.3 is 0 Å². The van der Waals surface area contributed by atoms with Gasteiger partial charge in [0.25, 0.3) is 5.91 Å². The highest BCUT2D eigenvalue weighted by molar-refractivity contribution is 5.93. The van der Waals surface area contributed by atoms with E-state index < -0.39 is 0 Å². The van der Waals surface area contributed by atoms with Crippen molar-refractivity contribution in [2.45, 2.75) is 32.2 Å². The van der Waals surface area contributed by atoms with Crippen LogP contribution in [-0.2, 0) is 6.54 Å². The van der Waals surface area contributed by atoms with Gasteiger partial charge in [-0.05, 0) is 17.5 Å². The summed E-state index contributed by atoms with van der Waals surface area (Å²) in [5.41, 5.74) is 10.0. The van der Waals surface area contributed by atoms with Gasteiger partial charge in [0.05, 0.1) is 24.3 Å². The van der Waals surface area contributed by atoms with Gasteiger partial charge in [0.15, 0.2) is 0 Å². The molecule has 138 valence electrons. The van der Waals surface area contributed by atoms with Crippen LogP contribution in [0, 0.1) is 0 Å². The zero-order valence-corrected chi connectivity index (χ0v) is 15.4. The average molecular weight is 362 g/mol. The first kappa shape index (κ1) is 17.2. The Labute approximate surface area is 157 Å². The van der Waals surface area contributed by atoms with Crippen LogP contribution in [-0.4, -0.2) is 37.3 Å². The summed E-state index contributed by atoms with van der Waals surface area (Å²) in [4.78, 5) is 31.1. The number of aromatic nitrogens is 4. The lowest BCUT2D eigenvalue weighted by molar-refractivity contribution is 0.0715. The number of carbonyl (C=O) groups excluding carboxylic acids is 1. The second kappa shape index (κ2) is 6.83. The Hall–Kier alpha value is -3.22. The molecule has 1 aliphatic heterocycles. The molecule has 4 rings (SSSR count). The monoisotopic (exact) mass is 362 g/mol. The van der Waals surface area contributed by atoms with Gasteiger partial charge in [-0.15, -0.1) is 0 Å². The molecule has 0 fully saturated rings. The van der Waals surface area contributed by atoms with Crippen molar-refractivity contribution in [1.29, 1.82) is 0 Å². The number of imidazole rings is 1. The Morgan fingerprint density at radius 2 is 2.04 bits per heavy atom. The fourth-order valence-electron chi connectivity index (χ4n) is 3.48. The number of rotatable bonds is 3. The molecular formula is C20H22N6O. The van der Waals surface area contributed by atoms with Crippen LogP contribution in [0.3, 0.4) is 0 Å². The average Bonchev–Trinajstić information content (AvgIpc) is 3.15.